The van der Waals surface area contributed by atoms with Crippen molar-refractivity contribution in [3.8, 4) is 0 Å². The molecule has 0 unspecified atom stereocenters. The quantitative estimate of drug-likeness (QED) is 0.541. The van der Waals surface area contributed by atoms with Crippen LogP contribution >= 0.6 is 0 Å². The molecule has 0 atom stereocenters. The van der Waals surface area contributed by atoms with Gasteiger partial charge in [-0.15, -0.1) is 0 Å². The molecular weight excluding hydrogens is 330 g/mol. The molecule has 0 fully saturated rings. The molecule has 1 aromatic carbocycles. The zero-order chi connectivity index (χ0) is 19.5. The molecule has 0 aliphatic rings. The van der Waals surface area contributed by atoms with Crippen molar-refractivity contribution in [3.05, 3.63) is 35.4 Å². The maximum atomic E-state index is 12.3. The van der Waals surface area contributed by atoms with E-state index in [1.165, 1.54) is 0 Å². The number of benzene rings is 1. The number of aliphatic imine (C=N–C) groups is 1. The Morgan fingerprint density at radius 1 is 1.08 bits per heavy atom. The van der Waals surface area contributed by atoms with Gasteiger partial charge in [-0.2, -0.15) is 0 Å². The van der Waals surface area contributed by atoms with E-state index in [4.69, 9.17) is 0 Å². The van der Waals surface area contributed by atoms with Gasteiger partial charge in [0.15, 0.2) is 5.96 Å². The fraction of sp³-hybridized carbons (Fsp3) is 0.526. The molecule has 1 aromatic rings. The Labute approximate surface area is 156 Å². The SMILES string of the molecule is CCNC(=NCc1ccc(C(=O)NC)cc1)N(C)CC(=O)N(CC)CC. The van der Waals surface area contributed by atoms with Crippen molar-refractivity contribution in [1.29, 1.82) is 0 Å². The summed E-state index contributed by atoms with van der Waals surface area (Å²) >= 11 is 0. The third kappa shape index (κ3) is 6.38. The Kier molecular flexibility index (Phi) is 9.19. The van der Waals surface area contributed by atoms with Crippen LogP contribution in [0.15, 0.2) is 29.3 Å². The molecule has 0 aliphatic heterocycles. The van der Waals surface area contributed by atoms with Crippen LogP contribution in [-0.2, 0) is 11.3 Å². The van der Waals surface area contributed by atoms with E-state index in [1.54, 1.807) is 24.1 Å². The summed E-state index contributed by atoms with van der Waals surface area (Å²) in [5.74, 6) is 0.657. The first kappa shape index (κ1) is 21.5. The van der Waals surface area contributed by atoms with Gasteiger partial charge in [0.2, 0.25) is 5.91 Å². The highest BCUT2D eigenvalue weighted by atomic mass is 16.2. The van der Waals surface area contributed by atoms with E-state index < -0.39 is 0 Å². The second kappa shape index (κ2) is 11.1. The van der Waals surface area contributed by atoms with Crippen LogP contribution in [0, 0.1) is 0 Å². The second-order valence-corrected chi connectivity index (χ2v) is 5.87. The zero-order valence-electron chi connectivity index (χ0n) is 16.5. The van der Waals surface area contributed by atoms with Crippen LogP contribution in [0.5, 0.6) is 0 Å². The minimum absolute atomic E-state index is 0.0815. The molecule has 144 valence electrons. The van der Waals surface area contributed by atoms with E-state index in [-0.39, 0.29) is 18.4 Å². The number of amides is 2. The minimum Gasteiger partial charge on any atom is -0.357 e. The van der Waals surface area contributed by atoms with Gasteiger partial charge in [0, 0.05) is 39.3 Å². The van der Waals surface area contributed by atoms with Gasteiger partial charge in [0.05, 0.1) is 13.1 Å². The minimum atomic E-state index is -0.108. The van der Waals surface area contributed by atoms with E-state index in [0.29, 0.717) is 31.2 Å². The summed E-state index contributed by atoms with van der Waals surface area (Å²) in [4.78, 5) is 32.1. The molecule has 1 rings (SSSR count). The molecule has 0 aromatic heterocycles. The number of carbonyl (C=O) groups is 2. The van der Waals surface area contributed by atoms with Crippen molar-refractivity contribution < 1.29 is 9.59 Å². The Hall–Kier alpha value is -2.57. The summed E-state index contributed by atoms with van der Waals surface area (Å²) in [6.45, 7) is 8.82. The summed E-state index contributed by atoms with van der Waals surface area (Å²) < 4.78 is 0. The Balaban J connectivity index is 2.78. The van der Waals surface area contributed by atoms with Gasteiger partial charge in [-0.05, 0) is 38.5 Å². The lowest BCUT2D eigenvalue weighted by molar-refractivity contribution is -0.131. The highest BCUT2D eigenvalue weighted by Crippen LogP contribution is 2.06. The average Bonchev–Trinajstić information content (AvgIpc) is 2.65. The summed E-state index contributed by atoms with van der Waals surface area (Å²) in [6, 6.07) is 7.34. The van der Waals surface area contributed by atoms with Crippen LogP contribution < -0.4 is 10.6 Å². The number of hydrogen-bond donors (Lipinski definition) is 2. The number of nitrogens with zero attached hydrogens (tertiary/aromatic N) is 3. The number of nitrogens with one attached hydrogen (secondary N) is 2. The first-order valence-electron chi connectivity index (χ1n) is 9.04. The third-order valence-corrected chi connectivity index (χ3v) is 4.04. The summed E-state index contributed by atoms with van der Waals surface area (Å²) in [5.41, 5.74) is 1.62. The predicted octanol–water partition coefficient (Wildman–Crippen LogP) is 1.31. The molecule has 26 heavy (non-hydrogen) atoms. The lowest BCUT2D eigenvalue weighted by Gasteiger charge is -2.25. The topological polar surface area (TPSA) is 77.0 Å². The molecule has 7 heteroatoms. The maximum Gasteiger partial charge on any atom is 0.251 e. The zero-order valence-corrected chi connectivity index (χ0v) is 16.5. The van der Waals surface area contributed by atoms with Crippen LogP contribution in [0.3, 0.4) is 0 Å². The highest BCUT2D eigenvalue weighted by Gasteiger charge is 2.15. The van der Waals surface area contributed by atoms with E-state index in [2.05, 4.69) is 15.6 Å². The summed E-state index contributed by atoms with van der Waals surface area (Å²) in [5, 5.41) is 5.81. The van der Waals surface area contributed by atoms with Crippen molar-refractivity contribution in [2.24, 2.45) is 4.99 Å². The molecule has 2 amide bonds. The average molecular weight is 361 g/mol. The predicted molar refractivity (Wildman–Crippen MR) is 105 cm³/mol. The fourth-order valence-corrected chi connectivity index (χ4v) is 2.50. The first-order valence-corrected chi connectivity index (χ1v) is 9.04. The van der Waals surface area contributed by atoms with Gasteiger partial charge in [0.1, 0.15) is 0 Å². The fourth-order valence-electron chi connectivity index (χ4n) is 2.50. The van der Waals surface area contributed by atoms with Crippen molar-refractivity contribution in [1.82, 2.24) is 20.4 Å². The van der Waals surface area contributed by atoms with E-state index >= 15 is 0 Å². The standard InChI is InChI=1S/C19H31N5O2/c1-6-21-19(23(5)14-17(25)24(7-2)8-3)22-13-15-9-11-16(12-10-15)18(26)20-4/h9-12H,6-8,13-14H2,1-5H3,(H,20,26)(H,21,22). The lowest BCUT2D eigenvalue weighted by Crippen LogP contribution is -2.45. The van der Waals surface area contributed by atoms with Gasteiger partial charge in [-0.1, -0.05) is 12.1 Å². The van der Waals surface area contributed by atoms with Crippen molar-refractivity contribution in [2.45, 2.75) is 27.3 Å². The van der Waals surface area contributed by atoms with Crippen molar-refractivity contribution in [3.63, 3.8) is 0 Å². The largest absolute Gasteiger partial charge is 0.357 e. The molecule has 0 radical (unpaired) electrons. The van der Waals surface area contributed by atoms with E-state index in [9.17, 15) is 9.59 Å². The smallest absolute Gasteiger partial charge is 0.251 e. The van der Waals surface area contributed by atoms with Crippen molar-refractivity contribution in [2.75, 3.05) is 40.3 Å². The van der Waals surface area contributed by atoms with Gasteiger partial charge in [-0.25, -0.2) is 4.99 Å². The molecule has 0 saturated heterocycles. The molecule has 0 bridgehead atoms. The molecular formula is C19H31N5O2. The van der Waals surface area contributed by atoms with Gasteiger partial charge in [0.25, 0.3) is 5.91 Å². The maximum absolute atomic E-state index is 12.3. The summed E-state index contributed by atoms with van der Waals surface area (Å²) in [7, 11) is 3.47. The first-order chi connectivity index (χ1) is 12.5. The van der Waals surface area contributed by atoms with Gasteiger partial charge >= 0.3 is 0 Å². The van der Waals surface area contributed by atoms with E-state index in [0.717, 1.165) is 12.1 Å². The number of guanidine groups is 1. The molecule has 0 aliphatic carbocycles. The number of rotatable bonds is 8. The van der Waals surface area contributed by atoms with Crippen LogP contribution in [0.1, 0.15) is 36.7 Å². The molecule has 0 spiro atoms. The Bertz CT molecular complexity index is 609. The third-order valence-electron chi connectivity index (χ3n) is 4.04. The van der Waals surface area contributed by atoms with E-state index in [1.807, 2.05) is 44.9 Å². The number of likely N-dealkylation sites (N-methyl/N-ethyl adjacent to an activating group) is 2. The van der Waals surface area contributed by atoms with Gasteiger partial charge in [-0.3, -0.25) is 9.59 Å². The van der Waals surface area contributed by atoms with Crippen LogP contribution in [-0.4, -0.2) is 67.8 Å². The normalized spacial score (nSPS) is 11.0. The number of carbonyl (C=O) groups excluding carboxylic acids is 2. The number of hydrogen-bond acceptors (Lipinski definition) is 3. The molecule has 0 saturated carbocycles. The Morgan fingerprint density at radius 3 is 2.19 bits per heavy atom. The lowest BCUT2D eigenvalue weighted by atomic mass is 10.1. The molecule has 7 nitrogen and oxygen atoms in total. The van der Waals surface area contributed by atoms with Gasteiger partial charge < -0.3 is 20.4 Å². The highest BCUT2D eigenvalue weighted by molar-refractivity contribution is 5.94. The van der Waals surface area contributed by atoms with Crippen LogP contribution in [0.4, 0.5) is 0 Å². The molecule has 2 N–H and O–H groups in total. The Morgan fingerprint density at radius 2 is 1.69 bits per heavy atom. The molecule has 0 heterocycles. The van der Waals surface area contributed by atoms with Crippen molar-refractivity contribution >= 4 is 17.8 Å². The second-order valence-electron chi connectivity index (χ2n) is 5.87. The summed E-state index contributed by atoms with van der Waals surface area (Å²) in [6.07, 6.45) is 0. The van der Waals surface area contributed by atoms with Crippen LogP contribution in [0.25, 0.3) is 0 Å². The monoisotopic (exact) mass is 361 g/mol. The van der Waals surface area contributed by atoms with Crippen LogP contribution in [0.2, 0.25) is 0 Å².